The predicted molar refractivity (Wildman–Crippen MR) is 236 cm³/mol. The molecule has 0 spiro atoms. The van der Waals surface area contributed by atoms with Crippen molar-refractivity contribution in [3.05, 3.63) is 206 Å². The second-order valence-corrected chi connectivity index (χ2v) is 14.5. The van der Waals surface area contributed by atoms with Crippen molar-refractivity contribution < 1.29 is 0 Å². The van der Waals surface area contributed by atoms with Crippen LogP contribution < -0.4 is 0 Å². The Morgan fingerprint density at radius 2 is 0.667 bits per heavy atom. The van der Waals surface area contributed by atoms with Crippen LogP contribution in [-0.4, -0.2) is 19.5 Å². The molecule has 11 rings (SSSR count). The molecule has 0 aliphatic carbocycles. The molecule has 266 valence electrons. The van der Waals surface area contributed by atoms with Gasteiger partial charge in [-0.3, -0.25) is 0 Å². The Labute approximate surface area is 330 Å². The summed E-state index contributed by atoms with van der Waals surface area (Å²) in [7, 11) is 0. The molecule has 0 saturated heterocycles. The highest BCUT2D eigenvalue weighted by atomic mass is 15.0. The molecule has 4 heteroatoms. The average molecular weight is 727 g/mol. The molecule has 9 aromatic carbocycles. The van der Waals surface area contributed by atoms with Crippen molar-refractivity contribution in [2.24, 2.45) is 0 Å². The van der Waals surface area contributed by atoms with Gasteiger partial charge in [-0.1, -0.05) is 164 Å². The minimum Gasteiger partial charge on any atom is -0.309 e. The number of benzene rings is 9. The van der Waals surface area contributed by atoms with Crippen molar-refractivity contribution in [2.75, 3.05) is 0 Å². The Morgan fingerprint density at radius 3 is 1.19 bits per heavy atom. The molecule has 0 bridgehead atoms. The maximum absolute atomic E-state index is 5.06. The molecule has 4 nitrogen and oxygen atoms in total. The zero-order valence-electron chi connectivity index (χ0n) is 30.9. The lowest BCUT2D eigenvalue weighted by atomic mass is 9.98. The zero-order chi connectivity index (χ0) is 37.7. The summed E-state index contributed by atoms with van der Waals surface area (Å²) in [6, 6.07) is 73.0. The number of aromatic nitrogens is 4. The van der Waals surface area contributed by atoms with Gasteiger partial charge in [-0.15, -0.1) is 0 Å². The monoisotopic (exact) mass is 726 g/mol. The number of hydrogen-bond acceptors (Lipinski definition) is 3. The second kappa shape index (κ2) is 13.6. The molecule has 0 fully saturated rings. The molecule has 0 N–H and O–H groups in total. The Balaban J connectivity index is 0.931. The van der Waals surface area contributed by atoms with Crippen LogP contribution >= 0.6 is 0 Å². The number of hydrogen-bond donors (Lipinski definition) is 0. The summed E-state index contributed by atoms with van der Waals surface area (Å²) in [5.74, 6) is 1.93. The third-order valence-electron chi connectivity index (χ3n) is 11.0. The van der Waals surface area contributed by atoms with Crippen LogP contribution in [-0.2, 0) is 0 Å². The lowest BCUT2D eigenvalue weighted by Crippen LogP contribution is -2.00. The average Bonchev–Trinajstić information content (AvgIpc) is 3.63. The van der Waals surface area contributed by atoms with E-state index < -0.39 is 0 Å². The van der Waals surface area contributed by atoms with Gasteiger partial charge in [0.25, 0.3) is 0 Å². The summed E-state index contributed by atoms with van der Waals surface area (Å²) in [6.07, 6.45) is 0. The summed E-state index contributed by atoms with van der Waals surface area (Å²) in [5, 5.41) is 7.19. The van der Waals surface area contributed by atoms with E-state index >= 15 is 0 Å². The maximum atomic E-state index is 5.06. The highest BCUT2D eigenvalue weighted by Gasteiger charge is 2.15. The molecule has 57 heavy (non-hydrogen) atoms. The van der Waals surface area contributed by atoms with E-state index in [0.717, 1.165) is 44.3 Å². The highest BCUT2D eigenvalue weighted by molar-refractivity contribution is 6.09. The molecular formula is C53H34N4. The van der Waals surface area contributed by atoms with Crippen LogP contribution in [0.25, 0.3) is 105 Å². The van der Waals surface area contributed by atoms with Crippen LogP contribution in [0.15, 0.2) is 206 Å². The molecule has 11 aromatic rings. The minimum absolute atomic E-state index is 0.639. The molecular weight excluding hydrogens is 693 g/mol. The number of rotatable bonds is 6. The van der Waals surface area contributed by atoms with Crippen LogP contribution in [0.2, 0.25) is 0 Å². The Hall–Kier alpha value is -7.69. The van der Waals surface area contributed by atoms with Gasteiger partial charge in [0.1, 0.15) is 0 Å². The van der Waals surface area contributed by atoms with Crippen LogP contribution in [0.5, 0.6) is 0 Å². The fraction of sp³-hybridized carbons (Fsp3) is 0. The summed E-state index contributed by atoms with van der Waals surface area (Å²) in [5.41, 5.74) is 11.0. The first-order chi connectivity index (χ1) is 28.2. The molecule has 2 heterocycles. The lowest BCUT2D eigenvalue weighted by Gasteiger charge is -2.11. The van der Waals surface area contributed by atoms with E-state index in [1.54, 1.807) is 0 Å². The van der Waals surface area contributed by atoms with Crippen molar-refractivity contribution in [2.45, 2.75) is 0 Å². The standard InChI is InChI=1S/C53H34N4/c1-3-12-40-33-44(26-22-35(40)10-1)52-54-51(55-53(56-52)45-27-23-36-11-2-4-13-41(36)34-45)39-24-20-37(21-25-39)42-14-9-15-43(32-42)38-28-30-46(31-29-38)57-49-18-7-5-16-47(49)48-17-6-8-19-50(48)57/h1-34H. The quantitative estimate of drug-likeness (QED) is 0.171. The van der Waals surface area contributed by atoms with Gasteiger partial charge in [-0.2, -0.15) is 0 Å². The van der Waals surface area contributed by atoms with Crippen molar-refractivity contribution in [1.82, 2.24) is 19.5 Å². The molecule has 0 aliphatic rings. The van der Waals surface area contributed by atoms with E-state index in [1.165, 1.54) is 43.7 Å². The molecule has 0 saturated carbocycles. The van der Waals surface area contributed by atoms with E-state index in [9.17, 15) is 0 Å². The molecule has 2 aromatic heterocycles. The third-order valence-corrected chi connectivity index (χ3v) is 11.0. The van der Waals surface area contributed by atoms with Crippen LogP contribution in [0.4, 0.5) is 0 Å². The number of para-hydroxylation sites is 2. The van der Waals surface area contributed by atoms with Gasteiger partial charge in [-0.25, -0.2) is 15.0 Å². The minimum atomic E-state index is 0.639. The number of fused-ring (bicyclic) bond motifs is 5. The van der Waals surface area contributed by atoms with Crippen LogP contribution in [0.3, 0.4) is 0 Å². The van der Waals surface area contributed by atoms with Crippen molar-refractivity contribution in [3.63, 3.8) is 0 Å². The van der Waals surface area contributed by atoms with Gasteiger partial charge in [0, 0.05) is 33.2 Å². The van der Waals surface area contributed by atoms with E-state index in [4.69, 9.17) is 15.0 Å². The van der Waals surface area contributed by atoms with Gasteiger partial charge in [0.2, 0.25) is 0 Å². The summed E-state index contributed by atoms with van der Waals surface area (Å²) in [6.45, 7) is 0. The fourth-order valence-corrected chi connectivity index (χ4v) is 8.11. The van der Waals surface area contributed by atoms with Crippen LogP contribution in [0, 0.1) is 0 Å². The second-order valence-electron chi connectivity index (χ2n) is 14.5. The summed E-state index contributed by atoms with van der Waals surface area (Å²) >= 11 is 0. The first-order valence-electron chi connectivity index (χ1n) is 19.3. The highest BCUT2D eigenvalue weighted by Crippen LogP contribution is 2.34. The van der Waals surface area contributed by atoms with Gasteiger partial charge in [0.15, 0.2) is 17.5 Å². The largest absolute Gasteiger partial charge is 0.309 e. The fourth-order valence-electron chi connectivity index (χ4n) is 8.11. The third kappa shape index (κ3) is 5.92. The Kier molecular flexibility index (Phi) is 7.78. The summed E-state index contributed by atoms with van der Waals surface area (Å²) in [4.78, 5) is 15.2. The molecule has 0 unspecified atom stereocenters. The lowest BCUT2D eigenvalue weighted by molar-refractivity contribution is 1.08. The predicted octanol–water partition coefficient (Wildman–Crippen LogP) is 13.6. The molecule has 0 atom stereocenters. The zero-order valence-corrected chi connectivity index (χ0v) is 30.9. The Morgan fingerprint density at radius 1 is 0.263 bits per heavy atom. The maximum Gasteiger partial charge on any atom is 0.164 e. The first kappa shape index (κ1) is 32.7. The van der Waals surface area contributed by atoms with Crippen molar-refractivity contribution in [1.29, 1.82) is 0 Å². The molecule has 0 amide bonds. The SMILES string of the molecule is c1cc(-c2ccc(-c3nc(-c4ccc5ccccc5c4)nc(-c4ccc5ccccc5c4)n3)cc2)cc(-c2ccc(-n3c4ccccc4c4ccccc43)cc2)c1. The van der Waals surface area contributed by atoms with Gasteiger partial charge in [-0.05, 0) is 86.3 Å². The van der Waals surface area contributed by atoms with Crippen molar-refractivity contribution in [3.8, 4) is 62.1 Å². The smallest absolute Gasteiger partial charge is 0.164 e. The van der Waals surface area contributed by atoms with Crippen molar-refractivity contribution >= 4 is 43.4 Å². The first-order valence-corrected chi connectivity index (χ1v) is 19.3. The normalized spacial score (nSPS) is 11.5. The molecule has 0 aliphatic heterocycles. The Bertz CT molecular complexity index is 3140. The van der Waals surface area contributed by atoms with E-state index in [2.05, 4.69) is 211 Å². The topological polar surface area (TPSA) is 43.6 Å². The van der Waals surface area contributed by atoms with Gasteiger partial charge in [0.05, 0.1) is 11.0 Å². The number of nitrogens with zero attached hydrogens (tertiary/aromatic N) is 4. The van der Waals surface area contributed by atoms with Crippen LogP contribution in [0.1, 0.15) is 0 Å². The van der Waals surface area contributed by atoms with Gasteiger partial charge >= 0.3 is 0 Å². The molecule has 0 radical (unpaired) electrons. The van der Waals surface area contributed by atoms with E-state index in [-0.39, 0.29) is 0 Å². The van der Waals surface area contributed by atoms with E-state index in [0.29, 0.717) is 17.5 Å². The van der Waals surface area contributed by atoms with E-state index in [1.807, 2.05) is 0 Å². The van der Waals surface area contributed by atoms with Gasteiger partial charge < -0.3 is 4.57 Å². The summed E-state index contributed by atoms with van der Waals surface area (Å²) < 4.78 is 2.36.